The lowest BCUT2D eigenvalue weighted by Gasteiger charge is -2.62. The first-order valence-electron chi connectivity index (χ1n) is 14.0. The Kier molecular flexibility index (Phi) is 6.24. The summed E-state index contributed by atoms with van der Waals surface area (Å²) < 4.78 is 5.91. The van der Waals surface area contributed by atoms with Crippen LogP contribution in [0.25, 0.3) is 0 Å². The van der Waals surface area contributed by atoms with Crippen LogP contribution in [0.3, 0.4) is 0 Å². The van der Waals surface area contributed by atoms with E-state index < -0.39 is 12.2 Å². The summed E-state index contributed by atoms with van der Waals surface area (Å²) in [7, 11) is 0. The van der Waals surface area contributed by atoms with Gasteiger partial charge in [0.2, 0.25) is 0 Å². The van der Waals surface area contributed by atoms with Crippen LogP contribution in [0.15, 0.2) is 0 Å². The normalized spacial score (nSPS) is 51.9. The fourth-order valence-corrected chi connectivity index (χ4v) is 9.87. The van der Waals surface area contributed by atoms with Gasteiger partial charge in [-0.25, -0.2) is 0 Å². The Hall–Kier alpha value is -0.940. The van der Waals surface area contributed by atoms with Gasteiger partial charge in [-0.3, -0.25) is 9.59 Å². The number of fused-ring (bicyclic) bond motifs is 5. The molecule has 4 saturated carbocycles. The Morgan fingerprint density at radius 3 is 2.41 bits per heavy atom. The molecule has 12 atom stereocenters. The van der Waals surface area contributed by atoms with Crippen LogP contribution in [0.5, 0.6) is 0 Å². The highest BCUT2D eigenvalue weighted by molar-refractivity contribution is 5.85. The fourth-order valence-electron chi connectivity index (χ4n) is 9.87. The molecular formula is C29H46O5. The number of hydrogen-bond acceptors (Lipinski definition) is 5. The predicted molar refractivity (Wildman–Crippen MR) is 130 cm³/mol. The van der Waals surface area contributed by atoms with Gasteiger partial charge in [0.25, 0.3) is 0 Å². The summed E-state index contributed by atoms with van der Waals surface area (Å²) in [6.07, 6.45) is 6.41. The van der Waals surface area contributed by atoms with Gasteiger partial charge in [0.15, 0.2) is 0 Å². The first-order valence-corrected chi connectivity index (χ1v) is 14.0. The monoisotopic (exact) mass is 474 g/mol. The molecule has 2 N–H and O–H groups in total. The average Bonchev–Trinajstić information content (AvgIpc) is 3.04. The van der Waals surface area contributed by atoms with Gasteiger partial charge in [-0.2, -0.15) is 0 Å². The molecule has 0 aromatic heterocycles. The molecular weight excluding hydrogens is 428 g/mol. The van der Waals surface area contributed by atoms with E-state index in [9.17, 15) is 19.8 Å². The summed E-state index contributed by atoms with van der Waals surface area (Å²) in [6, 6.07) is 0. The van der Waals surface area contributed by atoms with Crippen molar-refractivity contribution in [1.29, 1.82) is 0 Å². The van der Waals surface area contributed by atoms with Gasteiger partial charge in [0, 0.05) is 18.8 Å². The molecule has 5 rings (SSSR count). The van der Waals surface area contributed by atoms with Crippen molar-refractivity contribution in [2.24, 2.45) is 58.2 Å². The number of carbonyl (C=O) groups excluding carboxylic acids is 2. The molecule has 0 radical (unpaired) electrons. The highest BCUT2D eigenvalue weighted by Crippen LogP contribution is 2.67. The van der Waals surface area contributed by atoms with E-state index in [1.54, 1.807) is 0 Å². The van der Waals surface area contributed by atoms with Gasteiger partial charge in [-0.05, 0) is 97.2 Å². The van der Waals surface area contributed by atoms with Crippen LogP contribution in [0.2, 0.25) is 0 Å². The molecule has 0 aromatic rings. The Morgan fingerprint density at radius 2 is 1.71 bits per heavy atom. The number of aliphatic hydroxyl groups excluding tert-OH is 2. The SMILES string of the molecule is CC(C)C1CC(=O)OC([C@H](C)C2CC(=O)C3C4CCC5C[C@H](O)C[C@H](O)[C@]5(C)C4CC[C@@]32C)C1. The Balaban J connectivity index is 1.39. The fraction of sp³-hybridized carbons (Fsp3) is 0.931. The number of rotatable bonds is 3. The minimum absolute atomic E-state index is 0.0516. The summed E-state index contributed by atoms with van der Waals surface area (Å²) in [5.41, 5.74) is -0.256. The molecule has 4 aliphatic carbocycles. The smallest absolute Gasteiger partial charge is 0.306 e. The number of Topliss-reactive ketones (excluding diaryl/α,β-unsaturated/α-hetero) is 1. The standard InChI is InChI=1S/C29H46O5/c1-15(2)17-10-24(34-26(33)11-17)16(3)22-14-23(31)27-20-7-6-18-12-19(30)13-25(32)29(18,5)21(20)8-9-28(22,27)4/h15-22,24-25,27,30,32H,6-14H2,1-5H3/t16-,17?,18?,19+,20?,21?,22?,24?,25+,27?,28-,29+/m1/s1. The van der Waals surface area contributed by atoms with E-state index in [2.05, 4.69) is 34.6 Å². The third-order valence-corrected chi connectivity index (χ3v) is 12.0. The van der Waals surface area contributed by atoms with Crippen LogP contribution in [0.1, 0.15) is 92.4 Å². The minimum atomic E-state index is -0.487. The minimum Gasteiger partial charge on any atom is -0.462 e. The molecule has 0 aromatic carbocycles. The van der Waals surface area contributed by atoms with Gasteiger partial charge < -0.3 is 14.9 Å². The van der Waals surface area contributed by atoms with E-state index in [0.29, 0.717) is 54.6 Å². The molecule has 5 aliphatic rings. The molecule has 0 bridgehead atoms. The van der Waals surface area contributed by atoms with E-state index in [0.717, 1.165) is 38.5 Å². The molecule has 1 aliphatic heterocycles. The largest absolute Gasteiger partial charge is 0.462 e. The summed E-state index contributed by atoms with van der Waals surface area (Å²) >= 11 is 0. The van der Waals surface area contributed by atoms with E-state index in [4.69, 9.17) is 4.74 Å². The molecule has 7 unspecified atom stereocenters. The number of ketones is 1. The van der Waals surface area contributed by atoms with Crippen molar-refractivity contribution >= 4 is 11.8 Å². The molecule has 1 saturated heterocycles. The number of carbonyl (C=O) groups is 2. The van der Waals surface area contributed by atoms with Gasteiger partial charge in [0.1, 0.15) is 11.9 Å². The molecule has 0 spiro atoms. The van der Waals surface area contributed by atoms with E-state index in [-0.39, 0.29) is 40.7 Å². The van der Waals surface area contributed by atoms with Crippen LogP contribution >= 0.6 is 0 Å². The van der Waals surface area contributed by atoms with Crippen molar-refractivity contribution in [3.63, 3.8) is 0 Å². The topological polar surface area (TPSA) is 83.8 Å². The number of cyclic esters (lactones) is 1. The summed E-state index contributed by atoms with van der Waals surface area (Å²) in [4.78, 5) is 26.1. The second-order valence-corrected chi connectivity index (χ2v) is 13.7. The van der Waals surface area contributed by atoms with E-state index in [1.807, 2.05) is 0 Å². The van der Waals surface area contributed by atoms with Crippen molar-refractivity contribution in [2.45, 2.75) is 111 Å². The van der Waals surface area contributed by atoms with Crippen LogP contribution in [-0.4, -0.2) is 40.3 Å². The molecule has 1 heterocycles. The quantitative estimate of drug-likeness (QED) is 0.576. The predicted octanol–water partition coefficient (Wildman–Crippen LogP) is 4.77. The van der Waals surface area contributed by atoms with Gasteiger partial charge in [0.05, 0.1) is 12.2 Å². The first-order chi connectivity index (χ1) is 16.0. The molecule has 5 nitrogen and oxygen atoms in total. The number of hydrogen-bond donors (Lipinski definition) is 2. The molecule has 34 heavy (non-hydrogen) atoms. The lowest BCUT2D eigenvalue weighted by molar-refractivity contribution is -0.186. The summed E-state index contributed by atoms with van der Waals surface area (Å²) in [5.74, 6) is 2.66. The average molecular weight is 475 g/mol. The number of ether oxygens (including phenoxy) is 1. The number of aliphatic hydroxyl groups is 2. The molecule has 0 amide bonds. The zero-order chi connectivity index (χ0) is 24.6. The van der Waals surface area contributed by atoms with Crippen molar-refractivity contribution in [1.82, 2.24) is 0 Å². The molecule has 5 heteroatoms. The van der Waals surface area contributed by atoms with E-state index >= 15 is 0 Å². The Morgan fingerprint density at radius 1 is 0.971 bits per heavy atom. The van der Waals surface area contributed by atoms with Crippen LogP contribution in [0.4, 0.5) is 0 Å². The zero-order valence-corrected chi connectivity index (χ0v) is 21.8. The second kappa shape index (κ2) is 8.57. The van der Waals surface area contributed by atoms with Crippen molar-refractivity contribution < 1.29 is 24.5 Å². The lowest BCUT2D eigenvalue weighted by Crippen LogP contribution is -2.60. The van der Waals surface area contributed by atoms with Crippen LogP contribution in [0, 0.1) is 58.2 Å². The lowest BCUT2D eigenvalue weighted by atomic mass is 9.43. The molecule has 5 fully saturated rings. The zero-order valence-electron chi connectivity index (χ0n) is 21.8. The van der Waals surface area contributed by atoms with Crippen LogP contribution < -0.4 is 0 Å². The Bertz CT molecular complexity index is 823. The first kappa shape index (κ1) is 24.7. The van der Waals surface area contributed by atoms with E-state index in [1.165, 1.54) is 0 Å². The number of esters is 1. The van der Waals surface area contributed by atoms with Crippen molar-refractivity contribution in [3.8, 4) is 0 Å². The third kappa shape index (κ3) is 3.62. The Labute approximate surface area is 205 Å². The second-order valence-electron chi connectivity index (χ2n) is 13.7. The van der Waals surface area contributed by atoms with Crippen LogP contribution in [-0.2, 0) is 14.3 Å². The maximum Gasteiger partial charge on any atom is 0.306 e. The van der Waals surface area contributed by atoms with Gasteiger partial charge in [-0.1, -0.05) is 34.6 Å². The highest BCUT2D eigenvalue weighted by atomic mass is 16.5. The van der Waals surface area contributed by atoms with Crippen molar-refractivity contribution in [3.05, 3.63) is 0 Å². The van der Waals surface area contributed by atoms with Crippen molar-refractivity contribution in [2.75, 3.05) is 0 Å². The summed E-state index contributed by atoms with van der Waals surface area (Å²) in [5, 5.41) is 21.5. The molecule has 192 valence electrons. The maximum atomic E-state index is 13.7. The van der Waals surface area contributed by atoms with Gasteiger partial charge >= 0.3 is 5.97 Å². The van der Waals surface area contributed by atoms with Gasteiger partial charge in [-0.15, -0.1) is 0 Å². The third-order valence-electron chi connectivity index (χ3n) is 12.0. The maximum absolute atomic E-state index is 13.7. The highest BCUT2D eigenvalue weighted by Gasteiger charge is 2.65. The summed E-state index contributed by atoms with van der Waals surface area (Å²) in [6.45, 7) is 11.2.